The molecular weight excluding hydrogens is 490 g/mol. The number of carbonyl (C=O) groups excluding carboxylic acids is 1. The third kappa shape index (κ3) is 5.74. The first-order valence-corrected chi connectivity index (χ1v) is 13.4. The predicted molar refractivity (Wildman–Crippen MR) is 136 cm³/mol. The van der Waals surface area contributed by atoms with Crippen LogP contribution in [-0.4, -0.2) is 26.4 Å². The minimum absolute atomic E-state index is 0.159. The van der Waals surface area contributed by atoms with Crippen LogP contribution in [0.15, 0.2) is 23.4 Å². The van der Waals surface area contributed by atoms with Gasteiger partial charge in [0.05, 0.1) is 11.3 Å². The maximum Gasteiger partial charge on any atom is 0.235 e. The quantitative estimate of drug-likeness (QED) is 0.407. The van der Waals surface area contributed by atoms with E-state index in [0.29, 0.717) is 26.6 Å². The Morgan fingerprint density at radius 1 is 1.29 bits per heavy atom. The number of nitrogens with one attached hydrogen (secondary N) is 1. The van der Waals surface area contributed by atoms with Gasteiger partial charge >= 0.3 is 0 Å². The number of benzene rings is 1. The van der Waals surface area contributed by atoms with Crippen LogP contribution >= 0.6 is 34.7 Å². The summed E-state index contributed by atoms with van der Waals surface area (Å²) in [5.74, 6) is 1.41. The van der Waals surface area contributed by atoms with E-state index in [1.807, 2.05) is 30.7 Å². The summed E-state index contributed by atoms with van der Waals surface area (Å²) in [7, 11) is 1.85. The van der Waals surface area contributed by atoms with Gasteiger partial charge in [0.1, 0.15) is 23.4 Å². The molecule has 1 aliphatic carbocycles. The average molecular weight is 516 g/mol. The molecule has 0 bridgehead atoms. The molecule has 2 aromatic heterocycles. The zero-order valence-corrected chi connectivity index (χ0v) is 21.6. The van der Waals surface area contributed by atoms with Crippen LogP contribution in [0.3, 0.4) is 0 Å². The van der Waals surface area contributed by atoms with Crippen molar-refractivity contribution in [3.63, 3.8) is 0 Å². The number of aromatic nitrogens is 3. The van der Waals surface area contributed by atoms with Crippen molar-refractivity contribution >= 4 is 45.6 Å². The van der Waals surface area contributed by atoms with Crippen LogP contribution in [0.5, 0.6) is 5.75 Å². The minimum atomic E-state index is -0.159. The standard InChI is InChI=1S/C24H26ClN5O2S2/c1-15-11-16(25)9-10-19(15)32-13-21-28-29-24(30(21)2)33-14-22(31)27-23-18(12-26)17-7-5-3-4-6-8-20(17)34-23/h9-11H,3-8,13-14H2,1-2H3,(H,27,31). The fourth-order valence-corrected chi connectivity index (χ4v) is 6.14. The van der Waals surface area contributed by atoms with Crippen molar-refractivity contribution < 1.29 is 9.53 Å². The lowest BCUT2D eigenvalue weighted by molar-refractivity contribution is -0.113. The van der Waals surface area contributed by atoms with Gasteiger partial charge in [0.25, 0.3) is 0 Å². The largest absolute Gasteiger partial charge is 0.485 e. The summed E-state index contributed by atoms with van der Waals surface area (Å²) in [4.78, 5) is 13.9. The van der Waals surface area contributed by atoms with E-state index in [1.54, 1.807) is 17.4 Å². The molecule has 0 saturated heterocycles. The molecule has 0 atom stereocenters. The lowest BCUT2D eigenvalue weighted by atomic mass is 9.97. The van der Waals surface area contributed by atoms with Crippen molar-refractivity contribution in [2.75, 3.05) is 11.1 Å². The zero-order chi connectivity index (χ0) is 24.1. The summed E-state index contributed by atoms with van der Waals surface area (Å²) in [6.45, 7) is 2.19. The monoisotopic (exact) mass is 515 g/mol. The first-order chi connectivity index (χ1) is 16.5. The van der Waals surface area contributed by atoms with E-state index in [-0.39, 0.29) is 18.3 Å². The summed E-state index contributed by atoms with van der Waals surface area (Å²) in [5, 5.41) is 23.0. The molecule has 7 nitrogen and oxygen atoms in total. The molecule has 0 saturated carbocycles. The first kappa shape index (κ1) is 24.6. The highest BCUT2D eigenvalue weighted by atomic mass is 35.5. The SMILES string of the molecule is Cc1cc(Cl)ccc1OCc1nnc(SCC(=O)Nc2sc3c(c2C#N)CCCCCC3)n1C. The van der Waals surface area contributed by atoms with Gasteiger partial charge in [0.2, 0.25) is 5.91 Å². The lowest BCUT2D eigenvalue weighted by Crippen LogP contribution is -2.14. The van der Waals surface area contributed by atoms with Gasteiger partial charge in [-0.05, 0) is 61.9 Å². The Hall–Kier alpha value is -2.54. The molecule has 10 heteroatoms. The number of hydrogen-bond donors (Lipinski definition) is 1. The van der Waals surface area contributed by atoms with Gasteiger partial charge in [-0.25, -0.2) is 0 Å². The fourth-order valence-electron chi connectivity index (χ4n) is 3.93. The van der Waals surface area contributed by atoms with Gasteiger partial charge in [-0.3, -0.25) is 4.79 Å². The first-order valence-electron chi connectivity index (χ1n) is 11.2. The third-order valence-electron chi connectivity index (χ3n) is 5.79. The summed E-state index contributed by atoms with van der Waals surface area (Å²) >= 11 is 8.85. The summed E-state index contributed by atoms with van der Waals surface area (Å²) in [5.41, 5.74) is 2.71. The number of rotatable bonds is 7. The number of aryl methyl sites for hydroxylation is 2. The van der Waals surface area contributed by atoms with E-state index < -0.39 is 0 Å². The van der Waals surface area contributed by atoms with Gasteiger partial charge in [0.15, 0.2) is 11.0 Å². The van der Waals surface area contributed by atoms with Gasteiger partial charge in [-0.15, -0.1) is 21.5 Å². The van der Waals surface area contributed by atoms with Crippen molar-refractivity contribution in [1.82, 2.24) is 14.8 Å². The van der Waals surface area contributed by atoms with Crippen molar-refractivity contribution in [3.05, 3.63) is 50.6 Å². The topological polar surface area (TPSA) is 92.8 Å². The van der Waals surface area contributed by atoms with Crippen LogP contribution in [0, 0.1) is 18.3 Å². The normalized spacial score (nSPS) is 13.5. The summed E-state index contributed by atoms with van der Waals surface area (Å²) in [6.07, 6.45) is 6.55. The number of hydrogen-bond acceptors (Lipinski definition) is 7. The number of halogens is 1. The number of carbonyl (C=O) groups is 1. The van der Waals surface area contributed by atoms with Crippen molar-refractivity contribution in [2.24, 2.45) is 7.05 Å². The highest BCUT2D eigenvalue weighted by molar-refractivity contribution is 7.99. The van der Waals surface area contributed by atoms with E-state index in [0.717, 1.165) is 42.6 Å². The number of ether oxygens (including phenoxy) is 1. The van der Waals surface area contributed by atoms with Gasteiger partial charge in [-0.2, -0.15) is 5.26 Å². The predicted octanol–water partition coefficient (Wildman–Crippen LogP) is 5.68. The number of nitriles is 1. The highest BCUT2D eigenvalue weighted by Crippen LogP contribution is 2.36. The molecule has 0 unspecified atom stereocenters. The minimum Gasteiger partial charge on any atom is -0.485 e. The van der Waals surface area contributed by atoms with E-state index in [1.165, 1.54) is 29.5 Å². The van der Waals surface area contributed by atoms with Gasteiger partial charge in [0, 0.05) is 16.9 Å². The lowest BCUT2D eigenvalue weighted by Gasteiger charge is -2.09. The maximum atomic E-state index is 12.7. The number of fused-ring (bicyclic) bond motifs is 1. The Bertz CT molecular complexity index is 1230. The molecule has 1 aromatic carbocycles. The number of nitrogens with zero attached hydrogens (tertiary/aromatic N) is 4. The second-order valence-electron chi connectivity index (χ2n) is 8.23. The summed E-state index contributed by atoms with van der Waals surface area (Å²) < 4.78 is 7.68. The van der Waals surface area contributed by atoms with Gasteiger partial charge in [-0.1, -0.05) is 36.2 Å². The molecule has 0 spiro atoms. The van der Waals surface area contributed by atoms with Crippen LogP contribution in [-0.2, 0) is 31.3 Å². The number of thioether (sulfide) groups is 1. The Labute approximate surface area is 212 Å². The third-order valence-corrected chi connectivity index (χ3v) is 8.25. The Morgan fingerprint density at radius 3 is 2.85 bits per heavy atom. The molecule has 34 heavy (non-hydrogen) atoms. The molecule has 2 heterocycles. The fraction of sp³-hybridized carbons (Fsp3) is 0.417. The van der Waals surface area contributed by atoms with Crippen LogP contribution in [0.4, 0.5) is 5.00 Å². The molecule has 0 aliphatic heterocycles. The maximum absolute atomic E-state index is 12.7. The Kier molecular flexibility index (Phi) is 8.14. The highest BCUT2D eigenvalue weighted by Gasteiger charge is 2.21. The zero-order valence-electron chi connectivity index (χ0n) is 19.2. The second-order valence-corrected chi connectivity index (χ2v) is 10.7. The van der Waals surface area contributed by atoms with Crippen molar-refractivity contribution in [1.29, 1.82) is 5.26 Å². The molecule has 0 radical (unpaired) electrons. The molecule has 3 aromatic rings. The van der Waals surface area contributed by atoms with Crippen LogP contribution < -0.4 is 10.1 Å². The molecule has 178 valence electrons. The van der Waals surface area contributed by atoms with Crippen molar-refractivity contribution in [2.45, 2.75) is 57.2 Å². The van der Waals surface area contributed by atoms with E-state index in [2.05, 4.69) is 21.6 Å². The Balaban J connectivity index is 1.35. The Morgan fingerprint density at radius 2 is 2.09 bits per heavy atom. The molecule has 1 amide bonds. The molecule has 1 aliphatic rings. The number of amides is 1. The molecule has 1 N–H and O–H groups in total. The number of thiophene rings is 1. The molecule has 4 rings (SSSR count). The van der Waals surface area contributed by atoms with E-state index in [4.69, 9.17) is 16.3 Å². The van der Waals surface area contributed by atoms with Crippen LogP contribution in [0.2, 0.25) is 5.02 Å². The smallest absolute Gasteiger partial charge is 0.235 e. The second kappa shape index (κ2) is 11.3. The molecule has 0 fully saturated rings. The van der Waals surface area contributed by atoms with Gasteiger partial charge < -0.3 is 14.6 Å². The van der Waals surface area contributed by atoms with E-state index in [9.17, 15) is 10.1 Å². The van der Waals surface area contributed by atoms with Crippen LogP contribution in [0.1, 0.15) is 53.1 Å². The van der Waals surface area contributed by atoms with Crippen molar-refractivity contribution in [3.8, 4) is 11.8 Å². The number of anilines is 1. The van der Waals surface area contributed by atoms with Crippen LogP contribution in [0.25, 0.3) is 0 Å². The summed E-state index contributed by atoms with van der Waals surface area (Å²) in [6, 6.07) is 7.78. The van der Waals surface area contributed by atoms with E-state index >= 15 is 0 Å². The average Bonchev–Trinajstić information content (AvgIpc) is 3.30. The molecular formula is C24H26ClN5O2S2.